The van der Waals surface area contributed by atoms with Gasteiger partial charge in [-0.05, 0) is 18.6 Å². The lowest BCUT2D eigenvalue weighted by Gasteiger charge is -2.15. The summed E-state index contributed by atoms with van der Waals surface area (Å²) in [6.45, 7) is 3.44. The highest BCUT2D eigenvalue weighted by Gasteiger charge is 2.24. The van der Waals surface area contributed by atoms with E-state index in [4.69, 9.17) is 0 Å². The van der Waals surface area contributed by atoms with Crippen molar-refractivity contribution in [1.82, 2.24) is 10.2 Å². The molecule has 2 rings (SSSR count). The second kappa shape index (κ2) is 5.48. The van der Waals surface area contributed by atoms with E-state index >= 15 is 0 Å². The number of carbonyl (C=O) groups is 1. The van der Waals surface area contributed by atoms with Crippen LogP contribution in [0.15, 0.2) is 35.3 Å². The van der Waals surface area contributed by atoms with Gasteiger partial charge in [0, 0.05) is 6.54 Å². The van der Waals surface area contributed by atoms with Gasteiger partial charge in [0.25, 0.3) is 0 Å². The lowest BCUT2D eigenvalue weighted by molar-refractivity contribution is -0.118. The molecule has 4 nitrogen and oxygen atoms in total. The van der Waals surface area contributed by atoms with Gasteiger partial charge in [0.2, 0.25) is 11.9 Å². The molecule has 1 aromatic carbocycles. The molecule has 0 unspecified atom stereocenters. The molecule has 0 aromatic heterocycles. The Morgan fingerprint density at radius 2 is 2.12 bits per heavy atom. The molecule has 17 heavy (non-hydrogen) atoms. The number of benzene rings is 1. The Hall–Kier alpha value is -1.84. The van der Waals surface area contributed by atoms with Crippen molar-refractivity contribution in [2.45, 2.75) is 19.8 Å². The van der Waals surface area contributed by atoms with Gasteiger partial charge in [-0.25, -0.2) is 4.99 Å². The molecule has 0 radical (unpaired) electrons. The number of para-hydroxylation sites is 1. The number of aliphatic imine (C=N–C) groups is 1. The van der Waals surface area contributed by atoms with Crippen LogP contribution in [0.5, 0.6) is 0 Å². The Balaban J connectivity index is 2.12. The minimum absolute atomic E-state index is 0.0239. The van der Waals surface area contributed by atoms with Crippen LogP contribution in [-0.4, -0.2) is 29.9 Å². The van der Waals surface area contributed by atoms with Crippen molar-refractivity contribution < 1.29 is 4.79 Å². The van der Waals surface area contributed by atoms with E-state index in [1.165, 1.54) is 0 Å². The second-order valence-electron chi connectivity index (χ2n) is 4.09. The van der Waals surface area contributed by atoms with Crippen molar-refractivity contribution in [1.29, 1.82) is 0 Å². The van der Waals surface area contributed by atoms with Crippen LogP contribution in [0.25, 0.3) is 0 Å². The highest BCUT2D eigenvalue weighted by molar-refractivity contribution is 6.05. The summed E-state index contributed by atoms with van der Waals surface area (Å²) in [5.74, 6) is 0.699. The van der Waals surface area contributed by atoms with E-state index < -0.39 is 0 Å². The molecule has 1 aliphatic heterocycles. The topological polar surface area (TPSA) is 44.7 Å². The van der Waals surface area contributed by atoms with E-state index in [9.17, 15) is 4.79 Å². The van der Waals surface area contributed by atoms with Crippen LogP contribution in [0.1, 0.15) is 19.8 Å². The number of hydrogen-bond acceptors (Lipinski definition) is 2. The molecule has 1 saturated heterocycles. The van der Waals surface area contributed by atoms with Crippen molar-refractivity contribution in [3.05, 3.63) is 30.3 Å². The highest BCUT2D eigenvalue weighted by Crippen LogP contribution is 2.12. The van der Waals surface area contributed by atoms with Crippen LogP contribution in [0.4, 0.5) is 5.69 Å². The van der Waals surface area contributed by atoms with Crippen LogP contribution in [0.3, 0.4) is 0 Å². The Morgan fingerprint density at radius 3 is 2.82 bits per heavy atom. The third-order valence-corrected chi connectivity index (χ3v) is 2.66. The monoisotopic (exact) mass is 231 g/mol. The summed E-state index contributed by atoms with van der Waals surface area (Å²) >= 11 is 0. The van der Waals surface area contributed by atoms with E-state index in [1.807, 2.05) is 35.2 Å². The first-order chi connectivity index (χ1) is 8.29. The van der Waals surface area contributed by atoms with Crippen LogP contribution in [0.2, 0.25) is 0 Å². The molecule has 0 aliphatic carbocycles. The molecule has 90 valence electrons. The standard InChI is InChI=1S/C13H17N3O/c1-2-3-9-16-10-12(17)15-13(16)14-11-7-5-4-6-8-11/h4-8H,2-3,9-10H2,1H3,(H,14,15,17). The molecular formula is C13H17N3O. The maximum atomic E-state index is 11.4. The smallest absolute Gasteiger partial charge is 0.246 e. The summed E-state index contributed by atoms with van der Waals surface area (Å²) < 4.78 is 0. The molecular weight excluding hydrogens is 214 g/mol. The molecule has 0 spiro atoms. The van der Waals surface area contributed by atoms with E-state index in [-0.39, 0.29) is 5.91 Å². The van der Waals surface area contributed by atoms with Gasteiger partial charge in [-0.3, -0.25) is 10.1 Å². The van der Waals surface area contributed by atoms with Crippen molar-refractivity contribution in [3.63, 3.8) is 0 Å². The van der Waals surface area contributed by atoms with Gasteiger partial charge in [-0.2, -0.15) is 0 Å². The van der Waals surface area contributed by atoms with Gasteiger partial charge < -0.3 is 4.90 Å². The number of hydrogen-bond donors (Lipinski definition) is 1. The van der Waals surface area contributed by atoms with Crippen LogP contribution >= 0.6 is 0 Å². The highest BCUT2D eigenvalue weighted by atomic mass is 16.2. The van der Waals surface area contributed by atoms with E-state index in [0.29, 0.717) is 12.5 Å². The maximum absolute atomic E-state index is 11.4. The van der Waals surface area contributed by atoms with E-state index in [1.54, 1.807) is 0 Å². The summed E-state index contributed by atoms with van der Waals surface area (Å²) in [7, 11) is 0. The quantitative estimate of drug-likeness (QED) is 0.860. The first kappa shape index (κ1) is 11.6. The minimum atomic E-state index is 0.0239. The number of carbonyl (C=O) groups excluding carboxylic acids is 1. The Labute approximate surface area is 101 Å². The summed E-state index contributed by atoms with van der Waals surface area (Å²) in [6.07, 6.45) is 2.19. The average Bonchev–Trinajstić information content (AvgIpc) is 2.68. The maximum Gasteiger partial charge on any atom is 0.246 e. The largest absolute Gasteiger partial charge is 0.333 e. The molecule has 0 atom stereocenters. The second-order valence-corrected chi connectivity index (χ2v) is 4.09. The zero-order chi connectivity index (χ0) is 12.1. The number of unbranched alkanes of at least 4 members (excludes halogenated alkanes) is 1. The fourth-order valence-corrected chi connectivity index (χ4v) is 1.75. The minimum Gasteiger partial charge on any atom is -0.333 e. The van der Waals surface area contributed by atoms with Crippen LogP contribution in [-0.2, 0) is 4.79 Å². The lowest BCUT2D eigenvalue weighted by atomic mass is 10.3. The zero-order valence-electron chi connectivity index (χ0n) is 10.0. The number of guanidine groups is 1. The van der Waals surface area contributed by atoms with Gasteiger partial charge in [-0.15, -0.1) is 0 Å². The van der Waals surface area contributed by atoms with E-state index in [2.05, 4.69) is 17.2 Å². The van der Waals surface area contributed by atoms with E-state index in [0.717, 1.165) is 25.1 Å². The third kappa shape index (κ3) is 3.06. The summed E-state index contributed by atoms with van der Waals surface area (Å²) in [5.41, 5.74) is 0.867. The molecule has 0 bridgehead atoms. The first-order valence-corrected chi connectivity index (χ1v) is 5.98. The number of amides is 1. The Kier molecular flexibility index (Phi) is 3.75. The summed E-state index contributed by atoms with van der Waals surface area (Å²) in [5, 5.41) is 2.80. The molecule has 1 fully saturated rings. The van der Waals surface area contributed by atoms with Gasteiger partial charge in [0.05, 0.1) is 5.69 Å². The first-order valence-electron chi connectivity index (χ1n) is 5.98. The van der Waals surface area contributed by atoms with Crippen molar-refractivity contribution in [2.24, 2.45) is 4.99 Å². The normalized spacial score (nSPS) is 17.6. The third-order valence-electron chi connectivity index (χ3n) is 2.66. The van der Waals surface area contributed by atoms with Crippen molar-refractivity contribution >= 4 is 17.6 Å². The lowest BCUT2D eigenvalue weighted by Crippen LogP contribution is -2.30. The number of nitrogens with one attached hydrogen (secondary N) is 1. The predicted molar refractivity (Wildman–Crippen MR) is 68.2 cm³/mol. The van der Waals surface area contributed by atoms with Crippen LogP contribution in [0, 0.1) is 0 Å². The summed E-state index contributed by atoms with van der Waals surface area (Å²) in [6, 6.07) is 9.68. The van der Waals surface area contributed by atoms with Gasteiger partial charge in [0.1, 0.15) is 6.54 Å². The SMILES string of the molecule is CCCCN1CC(=O)NC1=Nc1ccccc1. The summed E-state index contributed by atoms with van der Waals surface area (Å²) in [4.78, 5) is 17.8. The molecule has 1 heterocycles. The predicted octanol–water partition coefficient (Wildman–Crippen LogP) is 1.91. The van der Waals surface area contributed by atoms with Crippen molar-refractivity contribution in [2.75, 3.05) is 13.1 Å². The number of rotatable bonds is 4. The fraction of sp³-hybridized carbons (Fsp3) is 0.385. The molecule has 1 aliphatic rings. The molecule has 0 saturated carbocycles. The molecule has 1 amide bonds. The average molecular weight is 231 g/mol. The van der Waals surface area contributed by atoms with Gasteiger partial charge in [-0.1, -0.05) is 31.5 Å². The van der Waals surface area contributed by atoms with Crippen LogP contribution < -0.4 is 5.32 Å². The Morgan fingerprint density at radius 1 is 1.35 bits per heavy atom. The zero-order valence-corrected chi connectivity index (χ0v) is 10.0. The van der Waals surface area contributed by atoms with Gasteiger partial charge >= 0.3 is 0 Å². The van der Waals surface area contributed by atoms with Crippen molar-refractivity contribution in [3.8, 4) is 0 Å². The Bertz CT molecular complexity index is 414. The van der Waals surface area contributed by atoms with Gasteiger partial charge in [0.15, 0.2) is 0 Å². The molecule has 4 heteroatoms. The molecule has 1 aromatic rings. The molecule has 1 N–H and O–H groups in total. The fourth-order valence-electron chi connectivity index (χ4n) is 1.75. The number of nitrogens with zero attached hydrogens (tertiary/aromatic N) is 2.